The monoisotopic (exact) mass is 345 g/mol. The van der Waals surface area contributed by atoms with Crippen molar-refractivity contribution in [3.8, 4) is 17.4 Å². The van der Waals surface area contributed by atoms with Crippen LogP contribution in [-0.4, -0.2) is 28.9 Å². The third-order valence-electron chi connectivity index (χ3n) is 3.41. The fourth-order valence-corrected chi connectivity index (χ4v) is 3.55. The molecule has 6 nitrogen and oxygen atoms in total. The molecule has 0 bridgehead atoms. The van der Waals surface area contributed by atoms with Crippen molar-refractivity contribution in [3.05, 3.63) is 38.4 Å². The molecule has 0 aliphatic carbocycles. The van der Waals surface area contributed by atoms with Crippen molar-refractivity contribution < 1.29 is 14.6 Å². The lowest BCUT2D eigenvalue weighted by Gasteiger charge is -2.06. The number of hydrogen-bond donors (Lipinski definition) is 1. The van der Waals surface area contributed by atoms with Crippen LogP contribution in [-0.2, 0) is 6.54 Å². The Balaban J connectivity index is 1.66. The van der Waals surface area contributed by atoms with Crippen LogP contribution in [0.2, 0.25) is 0 Å². The van der Waals surface area contributed by atoms with Crippen LogP contribution in [0.15, 0.2) is 34.0 Å². The molecule has 0 saturated heterocycles. The third-order valence-corrected chi connectivity index (χ3v) is 4.80. The maximum Gasteiger partial charge on any atom is 0.231 e. The normalized spacial score (nSPS) is 14.7. The average molecular weight is 345 g/mol. The SMILES string of the molecule is Oc1c(C=C2N=CC=N2)sc(=S)n1Cc1ccc2c(c1)OCO2. The van der Waals surface area contributed by atoms with Crippen LogP contribution in [0.1, 0.15) is 10.4 Å². The van der Waals surface area contributed by atoms with Crippen molar-refractivity contribution in [2.24, 2.45) is 9.98 Å². The summed E-state index contributed by atoms with van der Waals surface area (Å²) in [6.45, 7) is 0.689. The summed E-state index contributed by atoms with van der Waals surface area (Å²) in [6, 6.07) is 5.68. The Morgan fingerprint density at radius 2 is 2.04 bits per heavy atom. The number of thiazole rings is 1. The lowest BCUT2D eigenvalue weighted by atomic mass is 10.2. The van der Waals surface area contributed by atoms with E-state index in [0.29, 0.717) is 26.9 Å². The zero-order valence-electron chi connectivity index (χ0n) is 11.8. The molecule has 23 heavy (non-hydrogen) atoms. The van der Waals surface area contributed by atoms with Crippen molar-refractivity contribution in [1.82, 2.24) is 4.57 Å². The number of rotatable bonds is 3. The fraction of sp³-hybridized carbons (Fsp3) is 0.133. The first-order valence-electron chi connectivity index (χ1n) is 6.80. The van der Waals surface area contributed by atoms with Crippen molar-refractivity contribution >= 4 is 42.1 Å². The quantitative estimate of drug-likeness (QED) is 0.867. The van der Waals surface area contributed by atoms with E-state index in [0.717, 1.165) is 11.3 Å². The molecule has 1 aromatic carbocycles. The Hall–Kier alpha value is -2.45. The number of benzene rings is 1. The molecular weight excluding hydrogens is 334 g/mol. The molecule has 0 spiro atoms. The summed E-state index contributed by atoms with van der Waals surface area (Å²) in [7, 11) is 0. The largest absolute Gasteiger partial charge is 0.493 e. The number of ether oxygens (including phenoxy) is 2. The molecule has 0 unspecified atom stereocenters. The van der Waals surface area contributed by atoms with Crippen molar-refractivity contribution in [3.63, 3.8) is 0 Å². The van der Waals surface area contributed by atoms with E-state index in [4.69, 9.17) is 21.7 Å². The third kappa shape index (κ3) is 2.66. The molecule has 8 heteroatoms. The topological polar surface area (TPSA) is 68.3 Å². The van der Waals surface area contributed by atoms with Gasteiger partial charge in [0.25, 0.3) is 0 Å². The van der Waals surface area contributed by atoms with Gasteiger partial charge in [0.2, 0.25) is 12.7 Å². The minimum Gasteiger partial charge on any atom is -0.493 e. The Morgan fingerprint density at radius 3 is 2.87 bits per heavy atom. The van der Waals surface area contributed by atoms with Gasteiger partial charge in [-0.1, -0.05) is 6.07 Å². The van der Waals surface area contributed by atoms with Gasteiger partial charge in [-0.05, 0) is 29.9 Å². The van der Waals surface area contributed by atoms with E-state index in [1.807, 2.05) is 18.2 Å². The first-order valence-corrected chi connectivity index (χ1v) is 8.03. The van der Waals surface area contributed by atoms with Gasteiger partial charge in [-0.2, -0.15) is 0 Å². The Bertz CT molecular complexity index is 911. The molecule has 2 aliphatic rings. The van der Waals surface area contributed by atoms with Gasteiger partial charge in [0.15, 0.2) is 21.3 Å². The number of aromatic hydroxyl groups is 1. The van der Waals surface area contributed by atoms with E-state index in [9.17, 15) is 5.11 Å². The minimum atomic E-state index is 0.113. The van der Waals surface area contributed by atoms with Crippen molar-refractivity contribution in [1.29, 1.82) is 0 Å². The van der Waals surface area contributed by atoms with Gasteiger partial charge in [0.1, 0.15) is 0 Å². The van der Waals surface area contributed by atoms with Gasteiger partial charge in [-0.3, -0.25) is 4.57 Å². The van der Waals surface area contributed by atoms with Gasteiger partial charge in [0, 0.05) is 18.5 Å². The first-order chi connectivity index (χ1) is 11.2. The lowest BCUT2D eigenvalue weighted by Crippen LogP contribution is -1.99. The molecule has 0 atom stereocenters. The number of nitrogens with zero attached hydrogens (tertiary/aromatic N) is 3. The summed E-state index contributed by atoms with van der Waals surface area (Å²) >= 11 is 6.68. The number of hydrogen-bond acceptors (Lipinski definition) is 7. The zero-order valence-corrected chi connectivity index (χ0v) is 13.4. The molecule has 0 radical (unpaired) electrons. The van der Waals surface area contributed by atoms with Gasteiger partial charge in [0.05, 0.1) is 11.4 Å². The van der Waals surface area contributed by atoms with E-state index in [1.165, 1.54) is 11.3 Å². The second-order valence-corrected chi connectivity index (χ2v) is 6.56. The first kappa shape index (κ1) is 14.2. The molecular formula is C15H11N3O3S2. The fourth-order valence-electron chi connectivity index (χ4n) is 2.31. The maximum absolute atomic E-state index is 10.4. The smallest absolute Gasteiger partial charge is 0.231 e. The molecule has 1 N–H and O–H groups in total. The molecule has 0 fully saturated rings. The molecule has 2 aliphatic heterocycles. The van der Waals surface area contributed by atoms with Crippen LogP contribution < -0.4 is 9.47 Å². The molecule has 0 saturated carbocycles. The molecule has 4 rings (SSSR count). The minimum absolute atomic E-state index is 0.113. The lowest BCUT2D eigenvalue weighted by molar-refractivity contribution is 0.174. The van der Waals surface area contributed by atoms with Crippen molar-refractivity contribution in [2.45, 2.75) is 6.54 Å². The van der Waals surface area contributed by atoms with Crippen LogP contribution in [0.3, 0.4) is 0 Å². The number of aliphatic imine (C=N–C) groups is 2. The maximum atomic E-state index is 10.4. The second kappa shape index (κ2) is 5.64. The van der Waals surface area contributed by atoms with E-state index >= 15 is 0 Å². The standard InChI is InChI=1S/C15H11N3O3S2/c19-14-12(6-13-16-3-4-17-13)23-15(22)18(14)7-9-1-2-10-11(5-9)21-8-20-10/h1-6,19H,7-8H2. The zero-order chi connectivity index (χ0) is 15.8. The van der Waals surface area contributed by atoms with Gasteiger partial charge in [-0.25, -0.2) is 9.98 Å². The van der Waals surface area contributed by atoms with Crippen LogP contribution in [0.4, 0.5) is 0 Å². The second-order valence-electron chi connectivity index (χ2n) is 4.89. The summed E-state index contributed by atoms with van der Waals surface area (Å²) in [6.07, 6.45) is 4.92. The predicted octanol–water partition coefficient (Wildman–Crippen LogP) is 3.22. The van der Waals surface area contributed by atoms with E-state index in [1.54, 1.807) is 23.1 Å². The van der Waals surface area contributed by atoms with Gasteiger partial charge >= 0.3 is 0 Å². The summed E-state index contributed by atoms with van der Waals surface area (Å²) in [4.78, 5) is 8.78. The summed E-state index contributed by atoms with van der Waals surface area (Å²) in [5.74, 6) is 2.10. The molecule has 116 valence electrons. The highest BCUT2D eigenvalue weighted by atomic mass is 32.1. The van der Waals surface area contributed by atoms with Crippen LogP contribution in [0.25, 0.3) is 6.08 Å². The molecule has 3 heterocycles. The van der Waals surface area contributed by atoms with E-state index in [-0.39, 0.29) is 12.7 Å². The summed E-state index contributed by atoms with van der Waals surface area (Å²) in [5, 5.41) is 10.4. The highest BCUT2D eigenvalue weighted by Crippen LogP contribution is 2.34. The van der Waals surface area contributed by atoms with E-state index in [2.05, 4.69) is 9.98 Å². The highest BCUT2D eigenvalue weighted by molar-refractivity contribution is 7.73. The molecule has 0 amide bonds. The number of aromatic nitrogens is 1. The molecule has 2 aromatic rings. The predicted molar refractivity (Wildman–Crippen MR) is 91.4 cm³/mol. The summed E-state index contributed by atoms with van der Waals surface area (Å²) < 4.78 is 12.9. The number of fused-ring (bicyclic) bond motifs is 1. The van der Waals surface area contributed by atoms with Crippen molar-refractivity contribution in [2.75, 3.05) is 6.79 Å². The van der Waals surface area contributed by atoms with Gasteiger partial charge in [-0.15, -0.1) is 11.3 Å². The Kier molecular flexibility index (Phi) is 3.47. The average Bonchev–Trinajstić information content (AvgIpc) is 3.25. The Morgan fingerprint density at radius 1 is 1.26 bits per heavy atom. The van der Waals surface area contributed by atoms with Crippen LogP contribution in [0, 0.1) is 3.95 Å². The Labute approximate surface area is 140 Å². The van der Waals surface area contributed by atoms with Crippen LogP contribution in [0.5, 0.6) is 17.4 Å². The van der Waals surface area contributed by atoms with E-state index < -0.39 is 0 Å². The highest BCUT2D eigenvalue weighted by Gasteiger charge is 2.16. The summed E-state index contributed by atoms with van der Waals surface area (Å²) in [5.41, 5.74) is 0.967. The molecule has 1 aromatic heterocycles. The van der Waals surface area contributed by atoms with Gasteiger partial charge < -0.3 is 14.6 Å². The van der Waals surface area contributed by atoms with Crippen LogP contribution >= 0.6 is 23.6 Å².